The first kappa shape index (κ1) is 9.87. The Kier molecular flexibility index (Phi) is 6.89. The molecule has 10 heavy (non-hydrogen) atoms. The largest absolute Gasteiger partial charge is 0.382 e. The quantitative estimate of drug-likeness (QED) is 0.419. The Morgan fingerprint density at radius 2 is 1.90 bits per heavy atom. The van der Waals surface area contributed by atoms with Crippen LogP contribution in [0.2, 0.25) is 0 Å². The summed E-state index contributed by atoms with van der Waals surface area (Å²) >= 11 is 0. The van der Waals surface area contributed by atoms with E-state index in [0.717, 1.165) is 0 Å². The van der Waals surface area contributed by atoms with Crippen LogP contribution in [-0.4, -0.2) is 41.1 Å². The van der Waals surface area contributed by atoms with E-state index >= 15 is 0 Å². The van der Waals surface area contributed by atoms with Gasteiger partial charge in [-0.2, -0.15) is 0 Å². The van der Waals surface area contributed by atoms with E-state index in [2.05, 4.69) is 4.74 Å². The molecule has 0 saturated carbocycles. The molecule has 0 heterocycles. The van der Waals surface area contributed by atoms with E-state index in [1.165, 1.54) is 0 Å². The molecular formula is C5H12O4S. The molecular weight excluding hydrogens is 156 g/mol. The fraction of sp³-hybridized carbons (Fsp3) is 1.00. The summed E-state index contributed by atoms with van der Waals surface area (Å²) in [6, 6.07) is 0. The number of ether oxygens (including phenoxy) is 2. The molecule has 0 amide bonds. The molecule has 0 unspecified atom stereocenters. The van der Waals surface area contributed by atoms with Gasteiger partial charge in [-0.05, 0) is 0 Å². The Morgan fingerprint density at radius 1 is 1.20 bits per heavy atom. The lowest BCUT2D eigenvalue weighted by atomic mass is 10.7. The topological polar surface area (TPSA) is 52.6 Å². The Labute approximate surface area is 62.1 Å². The molecule has 0 radical (unpaired) electrons. The van der Waals surface area contributed by atoms with Crippen LogP contribution in [0, 0.1) is 0 Å². The highest BCUT2D eigenvalue weighted by molar-refractivity contribution is 7.72. The zero-order valence-corrected chi connectivity index (χ0v) is 6.80. The summed E-state index contributed by atoms with van der Waals surface area (Å²) in [5.41, 5.74) is 0. The van der Waals surface area contributed by atoms with Gasteiger partial charge in [0.2, 0.25) is 0 Å². The Morgan fingerprint density at radius 3 is 2.40 bits per heavy atom. The van der Waals surface area contributed by atoms with Crippen LogP contribution < -0.4 is 0 Å². The number of hydrogen-bond donors (Lipinski definition) is 1. The van der Waals surface area contributed by atoms with Crippen molar-refractivity contribution in [1.29, 1.82) is 0 Å². The minimum atomic E-state index is -2.29. The minimum absolute atomic E-state index is 0.0963. The smallest absolute Gasteiger partial charge is 0.142 e. The van der Waals surface area contributed by atoms with E-state index in [0.29, 0.717) is 13.2 Å². The first-order valence-corrected chi connectivity index (χ1v) is 4.32. The van der Waals surface area contributed by atoms with Crippen molar-refractivity contribution in [2.75, 3.05) is 32.7 Å². The van der Waals surface area contributed by atoms with Crippen molar-refractivity contribution in [2.45, 2.75) is 0 Å². The van der Waals surface area contributed by atoms with Crippen LogP contribution >= 0.6 is 0 Å². The van der Waals surface area contributed by atoms with Crippen molar-refractivity contribution >= 4 is 10.7 Å². The fourth-order valence-electron chi connectivity index (χ4n) is 0.383. The number of thiol groups is 1. The normalized spacial score (nSPS) is 10.6. The summed E-state index contributed by atoms with van der Waals surface area (Å²) in [5, 5.41) is 0. The van der Waals surface area contributed by atoms with E-state index in [9.17, 15) is 8.42 Å². The van der Waals surface area contributed by atoms with Gasteiger partial charge in [0, 0.05) is 7.11 Å². The molecule has 0 N–H and O–H groups in total. The van der Waals surface area contributed by atoms with Crippen molar-refractivity contribution in [1.82, 2.24) is 0 Å². The van der Waals surface area contributed by atoms with Gasteiger partial charge in [-0.1, -0.05) is 0 Å². The van der Waals surface area contributed by atoms with Crippen molar-refractivity contribution in [3.05, 3.63) is 0 Å². The number of methoxy groups -OCH3 is 1. The molecule has 0 bridgehead atoms. The molecule has 0 rings (SSSR count). The molecule has 0 aromatic rings. The maximum absolute atomic E-state index is 9.96. The number of hydrogen-bond acceptors (Lipinski definition) is 4. The Balaban J connectivity index is 2.91. The molecule has 0 aliphatic rings. The van der Waals surface area contributed by atoms with Crippen LogP contribution in [0.5, 0.6) is 0 Å². The lowest BCUT2D eigenvalue weighted by Crippen LogP contribution is -2.06. The van der Waals surface area contributed by atoms with Gasteiger partial charge < -0.3 is 9.47 Å². The number of rotatable bonds is 6. The maximum Gasteiger partial charge on any atom is 0.142 e. The second-order valence-electron chi connectivity index (χ2n) is 1.66. The molecule has 0 aromatic heterocycles. The maximum atomic E-state index is 9.96. The average molecular weight is 168 g/mol. The predicted octanol–water partition coefficient (Wildman–Crippen LogP) is -0.739. The average Bonchev–Trinajstić information content (AvgIpc) is 1.87. The monoisotopic (exact) mass is 168 g/mol. The second-order valence-corrected chi connectivity index (χ2v) is 2.77. The lowest BCUT2D eigenvalue weighted by Gasteiger charge is -1.98. The lowest BCUT2D eigenvalue weighted by molar-refractivity contribution is 0.0787. The molecule has 0 aromatic carbocycles. The summed E-state index contributed by atoms with van der Waals surface area (Å²) in [7, 11) is -0.720. The van der Waals surface area contributed by atoms with Gasteiger partial charge in [0.1, 0.15) is 10.7 Å². The fourth-order valence-corrected chi connectivity index (χ4v) is 0.662. The van der Waals surface area contributed by atoms with Gasteiger partial charge in [-0.25, -0.2) is 8.42 Å². The molecule has 0 atom stereocenters. The summed E-state index contributed by atoms with van der Waals surface area (Å²) in [6.45, 7) is 1.23. The van der Waals surface area contributed by atoms with E-state index in [-0.39, 0.29) is 12.4 Å². The zero-order chi connectivity index (χ0) is 7.82. The minimum Gasteiger partial charge on any atom is -0.382 e. The molecule has 4 nitrogen and oxygen atoms in total. The Hall–Kier alpha value is -0.130. The van der Waals surface area contributed by atoms with Crippen LogP contribution in [-0.2, 0) is 20.2 Å². The summed E-state index contributed by atoms with van der Waals surface area (Å²) in [4.78, 5) is 0. The van der Waals surface area contributed by atoms with E-state index in [1.807, 2.05) is 0 Å². The highest BCUT2D eigenvalue weighted by atomic mass is 32.2. The van der Waals surface area contributed by atoms with Crippen LogP contribution in [0.1, 0.15) is 0 Å². The predicted molar refractivity (Wildman–Crippen MR) is 37.9 cm³/mol. The van der Waals surface area contributed by atoms with Gasteiger partial charge in [-0.3, -0.25) is 0 Å². The van der Waals surface area contributed by atoms with Crippen molar-refractivity contribution in [3.8, 4) is 0 Å². The molecule has 0 aliphatic heterocycles. The van der Waals surface area contributed by atoms with E-state index < -0.39 is 10.7 Å². The second kappa shape index (κ2) is 6.98. The van der Waals surface area contributed by atoms with Gasteiger partial charge in [0.05, 0.1) is 25.6 Å². The third-order valence-electron chi connectivity index (χ3n) is 0.850. The zero-order valence-electron chi connectivity index (χ0n) is 5.91. The van der Waals surface area contributed by atoms with Gasteiger partial charge in [0.15, 0.2) is 0 Å². The molecule has 62 valence electrons. The summed E-state index contributed by atoms with van der Waals surface area (Å²) < 4.78 is 29.5. The van der Waals surface area contributed by atoms with Crippen LogP contribution in [0.3, 0.4) is 0 Å². The van der Waals surface area contributed by atoms with Gasteiger partial charge in [0.25, 0.3) is 0 Å². The molecule has 0 fully saturated rings. The first-order chi connectivity index (χ1) is 4.77. The van der Waals surface area contributed by atoms with E-state index in [1.54, 1.807) is 7.11 Å². The summed E-state index contributed by atoms with van der Waals surface area (Å²) in [6.07, 6.45) is 0. The molecule has 5 heteroatoms. The standard InChI is InChI=1S/C5H12O4S/c1-8-2-3-9-4-5-10(6)7/h10H,2-5H2,1H3. The Bertz CT molecular complexity index is 124. The van der Waals surface area contributed by atoms with E-state index in [4.69, 9.17) is 4.74 Å². The highest BCUT2D eigenvalue weighted by Gasteiger charge is 1.88. The highest BCUT2D eigenvalue weighted by Crippen LogP contribution is 1.75. The molecule has 0 spiro atoms. The molecule has 0 saturated heterocycles. The van der Waals surface area contributed by atoms with Gasteiger partial charge >= 0.3 is 0 Å². The first-order valence-electron chi connectivity index (χ1n) is 2.96. The third-order valence-corrected chi connectivity index (χ3v) is 1.40. The van der Waals surface area contributed by atoms with Crippen LogP contribution in [0.25, 0.3) is 0 Å². The van der Waals surface area contributed by atoms with Gasteiger partial charge in [-0.15, -0.1) is 0 Å². The SMILES string of the molecule is COCCOCC[SH](=O)=O. The van der Waals surface area contributed by atoms with Crippen LogP contribution in [0.15, 0.2) is 0 Å². The van der Waals surface area contributed by atoms with Crippen molar-refractivity contribution < 1.29 is 17.9 Å². The summed E-state index contributed by atoms with van der Waals surface area (Å²) in [5.74, 6) is 0.0963. The van der Waals surface area contributed by atoms with Crippen LogP contribution in [0.4, 0.5) is 0 Å². The third kappa shape index (κ3) is 7.87. The van der Waals surface area contributed by atoms with Crippen molar-refractivity contribution in [2.24, 2.45) is 0 Å². The molecule has 0 aliphatic carbocycles. The van der Waals surface area contributed by atoms with Crippen molar-refractivity contribution in [3.63, 3.8) is 0 Å².